The van der Waals surface area contributed by atoms with E-state index in [1.807, 2.05) is 12.1 Å². The Morgan fingerprint density at radius 1 is 1.06 bits per heavy atom. The monoisotopic (exact) mass is 454 g/mol. The number of carbonyl (C=O) groups is 2. The van der Waals surface area contributed by atoms with Crippen molar-refractivity contribution in [1.29, 1.82) is 0 Å². The lowest BCUT2D eigenvalue weighted by atomic mass is 10.0. The van der Waals surface area contributed by atoms with Crippen LogP contribution < -0.4 is 10.2 Å². The molecule has 0 unspecified atom stereocenters. The summed E-state index contributed by atoms with van der Waals surface area (Å²) in [7, 11) is 0. The van der Waals surface area contributed by atoms with Gasteiger partial charge in [-0.05, 0) is 66.1 Å². The highest BCUT2D eigenvalue weighted by Crippen LogP contribution is 2.31. The van der Waals surface area contributed by atoms with E-state index in [2.05, 4.69) is 37.9 Å². The molecule has 178 valence electrons. The summed E-state index contributed by atoms with van der Waals surface area (Å²) in [6.45, 7) is 13.7. The number of aliphatic carboxylic acids is 1. The van der Waals surface area contributed by atoms with Gasteiger partial charge in [-0.2, -0.15) is 0 Å². The number of benzene rings is 2. The van der Waals surface area contributed by atoms with Gasteiger partial charge >= 0.3 is 5.97 Å². The van der Waals surface area contributed by atoms with Crippen molar-refractivity contribution < 1.29 is 19.1 Å². The van der Waals surface area contributed by atoms with Crippen LogP contribution in [0.5, 0.6) is 0 Å². The smallest absolute Gasteiger partial charge is 0.328 e. The van der Waals surface area contributed by atoms with E-state index in [-0.39, 0.29) is 12.3 Å². The maximum absolute atomic E-state index is 14.3. The Balaban J connectivity index is 2.45. The molecule has 0 radical (unpaired) electrons. The molecule has 2 aromatic carbocycles. The van der Waals surface area contributed by atoms with Crippen molar-refractivity contribution in [3.05, 3.63) is 65.0 Å². The van der Waals surface area contributed by atoms with E-state index < -0.39 is 11.8 Å². The number of carboxylic acids is 1. The Hall–Kier alpha value is -3.15. The van der Waals surface area contributed by atoms with E-state index in [0.29, 0.717) is 34.2 Å². The van der Waals surface area contributed by atoms with Gasteiger partial charge in [0.1, 0.15) is 5.82 Å². The van der Waals surface area contributed by atoms with E-state index in [9.17, 15) is 14.0 Å². The first kappa shape index (κ1) is 26.1. The molecule has 1 amide bonds. The summed E-state index contributed by atoms with van der Waals surface area (Å²) in [5.41, 5.74) is 3.86. The molecule has 0 fully saturated rings. The third-order valence-electron chi connectivity index (χ3n) is 5.14. The van der Waals surface area contributed by atoms with Gasteiger partial charge in [0.05, 0.1) is 17.8 Å². The number of hydrogen-bond donors (Lipinski definition) is 2. The van der Waals surface area contributed by atoms with Crippen LogP contribution in [0.3, 0.4) is 0 Å². The normalized spacial score (nSPS) is 11.7. The maximum Gasteiger partial charge on any atom is 0.328 e. The topological polar surface area (TPSA) is 69.6 Å². The van der Waals surface area contributed by atoms with Crippen molar-refractivity contribution in [2.75, 3.05) is 23.3 Å². The first-order valence-corrected chi connectivity index (χ1v) is 11.3. The molecule has 33 heavy (non-hydrogen) atoms. The Kier molecular flexibility index (Phi) is 9.21. The van der Waals surface area contributed by atoms with Crippen molar-refractivity contribution in [1.82, 2.24) is 0 Å². The summed E-state index contributed by atoms with van der Waals surface area (Å²) in [5, 5.41) is 12.1. The highest BCUT2D eigenvalue weighted by atomic mass is 19.1. The molecule has 0 aliphatic heterocycles. The summed E-state index contributed by atoms with van der Waals surface area (Å²) < 4.78 is 14.3. The van der Waals surface area contributed by atoms with Gasteiger partial charge in [-0.3, -0.25) is 4.79 Å². The largest absolute Gasteiger partial charge is 0.478 e. The molecule has 2 rings (SSSR count). The Morgan fingerprint density at radius 3 is 2.24 bits per heavy atom. The predicted molar refractivity (Wildman–Crippen MR) is 133 cm³/mol. The summed E-state index contributed by atoms with van der Waals surface area (Å²) in [6.07, 6.45) is 1.05. The minimum Gasteiger partial charge on any atom is -0.478 e. The molecule has 0 saturated carbocycles. The van der Waals surface area contributed by atoms with Crippen LogP contribution in [0, 0.1) is 24.6 Å². The first-order valence-electron chi connectivity index (χ1n) is 11.3. The maximum atomic E-state index is 14.3. The number of carbonyl (C=O) groups excluding carboxylic acids is 1. The predicted octanol–water partition coefficient (Wildman–Crippen LogP) is 5.92. The molecule has 0 atom stereocenters. The van der Waals surface area contributed by atoms with E-state index in [1.165, 1.54) is 6.07 Å². The van der Waals surface area contributed by atoms with Crippen LogP contribution in [0.15, 0.2) is 42.5 Å². The number of aryl methyl sites for hydroxylation is 1. The van der Waals surface area contributed by atoms with Gasteiger partial charge in [0, 0.05) is 19.2 Å². The molecule has 0 saturated heterocycles. The van der Waals surface area contributed by atoms with Crippen molar-refractivity contribution >= 4 is 28.8 Å². The average Bonchev–Trinajstić information content (AvgIpc) is 2.68. The molecule has 0 heterocycles. The van der Waals surface area contributed by atoms with Crippen molar-refractivity contribution in [3.8, 4) is 0 Å². The van der Waals surface area contributed by atoms with Crippen LogP contribution in [0.2, 0.25) is 0 Å². The van der Waals surface area contributed by atoms with Gasteiger partial charge in [0.15, 0.2) is 0 Å². The molecule has 2 aromatic rings. The van der Waals surface area contributed by atoms with Crippen LogP contribution in [0.25, 0.3) is 5.57 Å². The van der Waals surface area contributed by atoms with Crippen LogP contribution >= 0.6 is 0 Å². The van der Waals surface area contributed by atoms with Crippen molar-refractivity contribution in [3.63, 3.8) is 0 Å². The van der Waals surface area contributed by atoms with E-state index in [4.69, 9.17) is 5.11 Å². The van der Waals surface area contributed by atoms with E-state index in [1.54, 1.807) is 32.0 Å². The van der Waals surface area contributed by atoms with Crippen LogP contribution in [-0.2, 0) is 16.0 Å². The molecule has 0 aliphatic carbocycles. The zero-order valence-electron chi connectivity index (χ0n) is 20.4. The number of allylic oxidation sites excluding steroid dienone is 1. The Morgan fingerprint density at radius 2 is 1.70 bits per heavy atom. The quantitative estimate of drug-likeness (QED) is 0.437. The number of amides is 1. The van der Waals surface area contributed by atoms with Crippen molar-refractivity contribution in [2.45, 2.75) is 48.0 Å². The SMILES string of the molecule is C/C(=C/C(=O)O)c1ccc(N(CC(C)C)CC(C)C)c(NC(=O)Cc2ccc(C)cc2F)c1. The highest BCUT2D eigenvalue weighted by molar-refractivity contribution is 5.97. The fourth-order valence-electron chi connectivity index (χ4n) is 3.74. The number of hydrogen-bond acceptors (Lipinski definition) is 3. The summed E-state index contributed by atoms with van der Waals surface area (Å²) in [5.74, 6) is -0.950. The van der Waals surface area contributed by atoms with E-state index in [0.717, 1.165) is 30.4 Å². The number of nitrogens with zero attached hydrogens (tertiary/aromatic N) is 1. The second-order valence-electron chi connectivity index (χ2n) is 9.41. The summed E-state index contributed by atoms with van der Waals surface area (Å²) in [4.78, 5) is 26.3. The fourth-order valence-corrected chi connectivity index (χ4v) is 3.74. The molecular weight excluding hydrogens is 419 g/mol. The number of carboxylic acid groups (broad SMARTS) is 1. The Labute approximate surface area is 196 Å². The van der Waals surface area contributed by atoms with Crippen LogP contribution in [0.4, 0.5) is 15.8 Å². The lowest BCUT2D eigenvalue weighted by Crippen LogP contribution is -2.32. The molecule has 0 spiro atoms. The lowest BCUT2D eigenvalue weighted by molar-refractivity contribution is -0.131. The number of anilines is 2. The molecule has 0 bridgehead atoms. The summed E-state index contributed by atoms with van der Waals surface area (Å²) in [6, 6.07) is 10.4. The van der Waals surface area contributed by atoms with E-state index >= 15 is 0 Å². The number of nitrogens with one attached hydrogen (secondary N) is 1. The highest BCUT2D eigenvalue weighted by Gasteiger charge is 2.18. The molecule has 0 aliphatic rings. The third-order valence-corrected chi connectivity index (χ3v) is 5.14. The van der Waals surface area contributed by atoms with Crippen molar-refractivity contribution in [2.24, 2.45) is 11.8 Å². The molecular formula is C27H35FN2O3. The van der Waals surface area contributed by atoms with Gasteiger partial charge in [0.25, 0.3) is 0 Å². The van der Waals surface area contributed by atoms with Gasteiger partial charge in [-0.15, -0.1) is 0 Å². The van der Waals surface area contributed by atoms with Gasteiger partial charge in [-0.1, -0.05) is 45.9 Å². The molecule has 0 aromatic heterocycles. The molecule has 2 N–H and O–H groups in total. The first-order chi connectivity index (χ1) is 15.5. The third kappa shape index (κ3) is 8.04. The van der Waals surface area contributed by atoms with Gasteiger partial charge in [-0.25, -0.2) is 9.18 Å². The zero-order chi connectivity index (χ0) is 24.7. The zero-order valence-corrected chi connectivity index (χ0v) is 20.4. The minimum atomic E-state index is -1.03. The Bertz CT molecular complexity index is 1020. The number of halogens is 1. The second-order valence-corrected chi connectivity index (χ2v) is 9.41. The fraction of sp³-hybridized carbons (Fsp3) is 0.407. The second kappa shape index (κ2) is 11.6. The lowest BCUT2D eigenvalue weighted by Gasteiger charge is -2.31. The standard InChI is InChI=1S/C27H35FN2O3/c1-17(2)15-30(16-18(3)4)25-10-9-21(20(6)12-27(32)33)13-24(25)29-26(31)14-22-8-7-19(5)11-23(22)28/h7-13,17-18H,14-16H2,1-6H3,(H,29,31)(H,32,33)/b20-12-. The number of rotatable bonds is 10. The van der Waals surface area contributed by atoms with Crippen LogP contribution in [-0.4, -0.2) is 30.1 Å². The van der Waals surface area contributed by atoms with Gasteiger partial charge < -0.3 is 15.3 Å². The molecule has 6 heteroatoms. The molecule has 5 nitrogen and oxygen atoms in total. The average molecular weight is 455 g/mol. The van der Waals surface area contributed by atoms with Crippen LogP contribution in [0.1, 0.15) is 51.3 Å². The summed E-state index contributed by atoms with van der Waals surface area (Å²) >= 11 is 0. The minimum absolute atomic E-state index is 0.0892. The van der Waals surface area contributed by atoms with Gasteiger partial charge in [0.2, 0.25) is 5.91 Å².